The van der Waals surface area contributed by atoms with Crippen LogP contribution in [0.15, 0.2) is 394 Å². The van der Waals surface area contributed by atoms with Gasteiger partial charge in [-0.2, -0.15) is 0 Å². The molecule has 0 N–H and O–H groups in total. The quantitative estimate of drug-likeness (QED) is 0.0194. The van der Waals surface area contributed by atoms with E-state index in [1.807, 2.05) is 18.2 Å². The second-order valence-electron chi connectivity index (χ2n) is 25.2. The normalized spacial score (nSPS) is 10.4. The van der Waals surface area contributed by atoms with Crippen LogP contribution in [0.25, 0.3) is 0 Å². The largest absolute Gasteiger partial charge is 2.00 e. The Morgan fingerprint density at radius 1 is 0.217 bits per heavy atom. The van der Waals surface area contributed by atoms with Crippen LogP contribution in [0.4, 0.5) is 0 Å². The third-order valence-electron chi connectivity index (χ3n) is 17.3. The number of esters is 4. The molecule has 0 aliphatic carbocycles. The number of hydrogen-bond donors (Lipinski definition) is 0. The maximum Gasteiger partial charge on any atom is 2.00 e. The number of carbonyl (C=O) groups excluding carboxylic acids is 4. The molecule has 0 saturated carbocycles. The topological polar surface area (TPSA) is 105 Å². The first kappa shape index (κ1) is 98.5. The molecule has 0 atom stereocenters. The standard InChI is InChI=1S/4C18H15P.2C9H16O4Se2.C7H8.2Pt/c4*1-4-10-16(11-5-1)19(17-12-6-2-7-13-17)18-14-8-3-9-15-18;2*1-3-12-7(10)9(5-14,6-15)8(11)13-4-2;1-7-5-3-2-4-6-7;;/h4*1-15H;2*14-15H,3-6H2,1-2H3;2-6H,1H3;;/q;;;;;;;2*+2. The van der Waals surface area contributed by atoms with Crippen molar-refractivity contribution in [3.8, 4) is 0 Å². The molecule has 13 aromatic carbocycles. The fraction of sp³-hybridized carbons (Fsp3) is 0.155. The molecule has 8 nitrogen and oxygen atoms in total. The van der Waals surface area contributed by atoms with Gasteiger partial charge in [0.2, 0.25) is 0 Å². The van der Waals surface area contributed by atoms with Crippen LogP contribution in [0.2, 0.25) is 21.3 Å². The summed E-state index contributed by atoms with van der Waals surface area (Å²) < 4.78 is 19.5. The van der Waals surface area contributed by atoms with Crippen molar-refractivity contribution in [1.82, 2.24) is 0 Å². The van der Waals surface area contributed by atoms with Crippen molar-refractivity contribution in [3.63, 3.8) is 0 Å². The summed E-state index contributed by atoms with van der Waals surface area (Å²) in [6.07, 6.45) is 0. The first-order valence-corrected chi connectivity index (χ1v) is 48.4. The van der Waals surface area contributed by atoms with Gasteiger partial charge in [0.1, 0.15) is 63.7 Å². The monoisotopic (exact) mass is 2230 g/mol. The molecule has 596 valence electrons. The van der Waals surface area contributed by atoms with Crippen LogP contribution < -0.4 is 63.7 Å². The van der Waals surface area contributed by atoms with E-state index in [2.05, 4.69) is 447 Å². The number of aryl methyl sites for hydroxylation is 1. The summed E-state index contributed by atoms with van der Waals surface area (Å²) in [5.41, 5.74) is -1.14. The molecule has 13 aromatic rings. The minimum atomic E-state index is -1.23. The van der Waals surface area contributed by atoms with E-state index in [0.29, 0.717) is 0 Å². The fourth-order valence-corrected chi connectivity index (χ4v) is 26.0. The molecule has 115 heavy (non-hydrogen) atoms. The second-order valence-corrected chi connectivity index (χ2v) is 37.5. The van der Waals surface area contributed by atoms with E-state index in [0.717, 1.165) is 0 Å². The van der Waals surface area contributed by atoms with Crippen molar-refractivity contribution in [2.45, 2.75) is 55.9 Å². The van der Waals surface area contributed by atoms with Gasteiger partial charge in [0.15, 0.2) is 0 Å². The van der Waals surface area contributed by atoms with E-state index in [4.69, 9.17) is 18.9 Å². The van der Waals surface area contributed by atoms with Crippen molar-refractivity contribution in [2.24, 2.45) is 10.8 Å². The Hall–Kier alpha value is -7.09. The van der Waals surface area contributed by atoms with E-state index in [-0.39, 0.29) is 89.8 Å². The van der Waals surface area contributed by atoms with E-state index < -0.39 is 66.4 Å². The number of carbonyl (C=O) groups is 4. The fourth-order valence-electron chi connectivity index (χ4n) is 11.6. The maximum atomic E-state index is 11.7. The molecule has 0 aromatic heterocycles. The van der Waals surface area contributed by atoms with Crippen LogP contribution in [-0.2, 0) is 80.3 Å². The van der Waals surface area contributed by atoms with E-state index in [1.54, 1.807) is 27.7 Å². The molecule has 0 radical (unpaired) electrons. The molecule has 18 heteroatoms. The average Bonchev–Trinajstić information content (AvgIpc) is 0.857. The van der Waals surface area contributed by atoms with E-state index in [1.165, 1.54) is 69.2 Å². The third kappa shape index (κ3) is 31.6. The van der Waals surface area contributed by atoms with Crippen LogP contribution in [0.3, 0.4) is 0 Å². The third-order valence-corrected chi connectivity index (χ3v) is 32.4. The minimum Gasteiger partial charge on any atom is -0.0622 e. The van der Waals surface area contributed by atoms with Crippen molar-refractivity contribution in [1.29, 1.82) is 0 Å². The summed E-state index contributed by atoms with van der Waals surface area (Å²) in [5.74, 6) is -2.16. The Morgan fingerprint density at radius 3 is 0.400 bits per heavy atom. The Kier molecular flexibility index (Phi) is 48.9. The number of ether oxygens (including phenoxy) is 4. The smallest absolute Gasteiger partial charge is 0.0622 e. The second kappa shape index (κ2) is 57.1. The molecule has 0 fully saturated rings. The maximum absolute atomic E-state index is 11.7. The van der Waals surface area contributed by atoms with Gasteiger partial charge in [-0.15, -0.1) is 0 Å². The van der Waals surface area contributed by atoms with Gasteiger partial charge < -0.3 is 0 Å². The SMILES string of the molecule is CCOC(=O)C(C[Se-])(C[Se-])C(=O)OCC.CCOC(=O)C(C[Se-])(C[Se-])C(=O)OCC.Cc1ccccc1.[Pt+2].[Pt+2].c1ccc([PH+](c2ccccc2)c2ccccc2)cc1.c1ccc([PH+](c2ccccc2)c2ccccc2)cc1.c1ccc([PH+](c2ccccc2)c2ccccc2)cc1.c1ccc([PH+](c2ccccc2)c2ccccc2)cc1. The molecule has 13 rings (SSSR count). The van der Waals surface area contributed by atoms with Crippen molar-refractivity contribution >= 4 is 183 Å². The molecule has 0 amide bonds. The van der Waals surface area contributed by atoms with Crippen molar-refractivity contribution < 1.29 is 80.3 Å². The number of rotatable bonds is 24. The van der Waals surface area contributed by atoms with Gasteiger partial charge >= 0.3 is 254 Å². The minimum absolute atomic E-state index is 0. The number of benzene rings is 13. The van der Waals surface area contributed by atoms with E-state index in [9.17, 15) is 19.2 Å². The first-order valence-electron chi connectivity index (χ1n) is 37.5. The Morgan fingerprint density at radius 2 is 0.322 bits per heavy atom. The van der Waals surface area contributed by atoms with Gasteiger partial charge in [-0.3, -0.25) is 0 Å². The predicted octanol–water partition coefficient (Wildman–Crippen LogP) is 15.2. The van der Waals surface area contributed by atoms with Crippen LogP contribution in [0, 0.1) is 17.8 Å². The van der Waals surface area contributed by atoms with Crippen LogP contribution in [-0.4, -0.2) is 114 Å². The molecule has 0 bridgehead atoms. The molecule has 0 unspecified atom stereocenters. The molecule has 0 saturated heterocycles. The summed E-state index contributed by atoms with van der Waals surface area (Å²) in [4.78, 5) is 46.7. The molecular weight excluding hydrogens is 2120 g/mol. The molecular formula is C97H100O8P4Pt2Se4+4. The zero-order valence-electron chi connectivity index (χ0n) is 65.2. The van der Waals surface area contributed by atoms with Gasteiger partial charge in [-0.1, -0.05) is 254 Å². The van der Waals surface area contributed by atoms with E-state index >= 15 is 0 Å². The van der Waals surface area contributed by atoms with Crippen LogP contribution >= 0.6 is 31.7 Å². The Balaban J connectivity index is 0.000000242. The first-order chi connectivity index (χ1) is 55.4. The van der Waals surface area contributed by atoms with Crippen LogP contribution in [0.1, 0.15) is 33.3 Å². The molecule has 0 spiro atoms. The molecule has 0 aliphatic rings. The summed E-state index contributed by atoms with van der Waals surface area (Å²) >= 11 is 10.8. The van der Waals surface area contributed by atoms with Gasteiger partial charge in [0.25, 0.3) is 0 Å². The summed E-state index contributed by atoms with van der Waals surface area (Å²) in [5, 5.41) is 18.2. The Bertz CT molecular complexity index is 3780. The van der Waals surface area contributed by atoms with Crippen molar-refractivity contribution in [3.05, 3.63) is 400 Å². The zero-order valence-corrected chi connectivity index (χ0v) is 80.6. The predicted molar refractivity (Wildman–Crippen MR) is 491 cm³/mol. The summed E-state index contributed by atoms with van der Waals surface area (Å²) in [6.45, 7) is 9.89. The van der Waals surface area contributed by atoms with Crippen LogP contribution in [0.5, 0.6) is 0 Å². The van der Waals surface area contributed by atoms with Gasteiger partial charge in [-0.25, -0.2) is 0 Å². The van der Waals surface area contributed by atoms with Crippen molar-refractivity contribution in [2.75, 3.05) is 26.4 Å². The molecule has 0 heterocycles. The van der Waals surface area contributed by atoms with Gasteiger partial charge in [-0.05, 0) is 153 Å². The molecule has 0 aliphatic heterocycles. The summed E-state index contributed by atoms with van der Waals surface area (Å²) in [7, 11) is -3.51. The van der Waals surface area contributed by atoms with Gasteiger partial charge in [0, 0.05) is 0 Å². The zero-order chi connectivity index (χ0) is 80.6. The Labute approximate surface area is 749 Å². The average molecular weight is 2220 g/mol. The van der Waals surface area contributed by atoms with Gasteiger partial charge in [0.05, 0.1) is 31.7 Å². The summed E-state index contributed by atoms with van der Waals surface area (Å²) in [6, 6.07) is 140. The number of hydrogen-bond acceptors (Lipinski definition) is 8.